The van der Waals surface area contributed by atoms with Gasteiger partial charge >= 0.3 is 5.97 Å². The number of nitrogens with zero attached hydrogens (tertiary/aromatic N) is 3. The van der Waals surface area contributed by atoms with Gasteiger partial charge in [-0.3, -0.25) is 10.1 Å². The van der Waals surface area contributed by atoms with E-state index >= 15 is 0 Å². The maximum atomic E-state index is 11.6. The van der Waals surface area contributed by atoms with Gasteiger partial charge in [-0.05, 0) is 25.1 Å². The maximum Gasteiger partial charge on any atom is 0.345 e. The van der Waals surface area contributed by atoms with Crippen LogP contribution in [0, 0.1) is 10.1 Å². The molecule has 1 aromatic heterocycles. The average Bonchev–Trinajstić information content (AvgIpc) is 2.92. The Kier molecular flexibility index (Phi) is 3.56. The molecule has 19 heavy (non-hydrogen) atoms. The van der Waals surface area contributed by atoms with Crippen molar-refractivity contribution < 1.29 is 14.5 Å². The summed E-state index contributed by atoms with van der Waals surface area (Å²) < 4.78 is 6.26. The Balaban J connectivity index is 2.47. The quantitative estimate of drug-likeness (QED) is 0.477. The number of hydrogen-bond acceptors (Lipinski definition) is 5. The van der Waals surface area contributed by atoms with Crippen LogP contribution < -0.4 is 0 Å². The lowest BCUT2D eigenvalue weighted by molar-refractivity contribution is -0.385. The fourth-order valence-electron chi connectivity index (χ4n) is 1.62. The van der Waals surface area contributed by atoms with Crippen LogP contribution in [0.3, 0.4) is 0 Å². The minimum atomic E-state index is -0.707. The summed E-state index contributed by atoms with van der Waals surface area (Å²) in [4.78, 5) is 22.0. The van der Waals surface area contributed by atoms with Gasteiger partial charge in [0.2, 0.25) is 0 Å². The highest BCUT2D eigenvalue weighted by Gasteiger charge is 2.22. The maximum absolute atomic E-state index is 11.6. The first-order valence-electron chi connectivity index (χ1n) is 5.59. The van der Waals surface area contributed by atoms with E-state index in [4.69, 9.17) is 4.74 Å². The average molecular weight is 261 g/mol. The monoisotopic (exact) mass is 261 g/mol. The lowest BCUT2D eigenvalue weighted by Gasteiger charge is -2.05. The second kappa shape index (κ2) is 5.30. The van der Waals surface area contributed by atoms with Crippen molar-refractivity contribution in [1.29, 1.82) is 0 Å². The van der Waals surface area contributed by atoms with Gasteiger partial charge in [0, 0.05) is 18.5 Å². The summed E-state index contributed by atoms with van der Waals surface area (Å²) in [6.07, 6.45) is 3.22. The van der Waals surface area contributed by atoms with Crippen molar-refractivity contribution in [3.8, 4) is 5.69 Å². The SMILES string of the molecule is CCOC(=O)c1ccc(-n2cccn2)cc1[N+](=O)[O-]. The summed E-state index contributed by atoms with van der Waals surface area (Å²) in [6.45, 7) is 1.80. The zero-order chi connectivity index (χ0) is 13.8. The minimum absolute atomic E-state index is 0.0669. The predicted octanol–water partition coefficient (Wildman–Crippen LogP) is 1.96. The van der Waals surface area contributed by atoms with Gasteiger partial charge < -0.3 is 4.74 Å². The van der Waals surface area contributed by atoms with Crippen LogP contribution in [0.1, 0.15) is 17.3 Å². The summed E-state index contributed by atoms with van der Waals surface area (Å²) in [5, 5.41) is 15.0. The molecule has 2 aromatic rings. The Labute approximate surface area is 108 Å². The normalized spacial score (nSPS) is 10.2. The predicted molar refractivity (Wildman–Crippen MR) is 66.2 cm³/mol. The molecule has 0 aliphatic rings. The number of rotatable bonds is 4. The Morgan fingerprint density at radius 1 is 1.53 bits per heavy atom. The molecule has 1 aromatic carbocycles. The summed E-state index contributed by atoms with van der Waals surface area (Å²) >= 11 is 0. The van der Waals surface area contributed by atoms with Gasteiger partial charge in [-0.1, -0.05) is 0 Å². The highest BCUT2D eigenvalue weighted by atomic mass is 16.6. The molecule has 0 spiro atoms. The first-order valence-corrected chi connectivity index (χ1v) is 5.59. The molecule has 0 atom stereocenters. The number of benzene rings is 1. The number of nitro benzene ring substituents is 1. The number of carbonyl (C=O) groups excluding carboxylic acids is 1. The van der Waals surface area contributed by atoms with Crippen molar-refractivity contribution in [2.45, 2.75) is 6.92 Å². The van der Waals surface area contributed by atoms with E-state index in [1.807, 2.05) is 0 Å². The van der Waals surface area contributed by atoms with Gasteiger partial charge in [-0.15, -0.1) is 0 Å². The molecule has 0 amide bonds. The Morgan fingerprint density at radius 3 is 2.89 bits per heavy atom. The molecule has 0 saturated carbocycles. The molecule has 0 unspecified atom stereocenters. The van der Waals surface area contributed by atoms with Crippen molar-refractivity contribution in [3.63, 3.8) is 0 Å². The molecule has 0 fully saturated rings. The highest BCUT2D eigenvalue weighted by Crippen LogP contribution is 2.23. The van der Waals surface area contributed by atoms with E-state index in [2.05, 4.69) is 5.10 Å². The smallest absolute Gasteiger partial charge is 0.345 e. The van der Waals surface area contributed by atoms with Crippen molar-refractivity contribution >= 4 is 11.7 Å². The molecule has 0 aliphatic heterocycles. The van der Waals surface area contributed by atoms with Crippen LogP contribution in [0.5, 0.6) is 0 Å². The van der Waals surface area contributed by atoms with E-state index in [0.29, 0.717) is 5.69 Å². The minimum Gasteiger partial charge on any atom is -0.462 e. The molecule has 7 heteroatoms. The van der Waals surface area contributed by atoms with E-state index < -0.39 is 10.9 Å². The lowest BCUT2D eigenvalue weighted by Crippen LogP contribution is -2.09. The molecule has 0 saturated heterocycles. The molecular weight excluding hydrogens is 250 g/mol. The van der Waals surface area contributed by atoms with Gasteiger partial charge in [-0.2, -0.15) is 5.10 Å². The number of carbonyl (C=O) groups is 1. The van der Waals surface area contributed by atoms with Gasteiger partial charge in [0.05, 0.1) is 17.2 Å². The Bertz CT molecular complexity index is 607. The summed E-state index contributed by atoms with van der Waals surface area (Å²) in [6, 6.07) is 5.93. The van der Waals surface area contributed by atoms with Crippen LogP contribution in [0.25, 0.3) is 5.69 Å². The highest BCUT2D eigenvalue weighted by molar-refractivity contribution is 5.94. The first kappa shape index (κ1) is 12.7. The zero-order valence-electron chi connectivity index (χ0n) is 10.1. The second-order valence-electron chi connectivity index (χ2n) is 3.63. The Hall–Kier alpha value is -2.70. The first-order chi connectivity index (χ1) is 9.13. The van der Waals surface area contributed by atoms with E-state index in [9.17, 15) is 14.9 Å². The topological polar surface area (TPSA) is 87.3 Å². The standard InChI is InChI=1S/C12H11N3O4/c1-2-19-12(16)10-5-4-9(8-11(10)15(17)18)14-7-3-6-13-14/h3-8H,2H2,1H3. The molecule has 0 radical (unpaired) electrons. The van der Waals surface area contributed by atoms with E-state index in [-0.39, 0.29) is 17.9 Å². The van der Waals surface area contributed by atoms with E-state index in [0.717, 1.165) is 0 Å². The number of hydrogen-bond donors (Lipinski definition) is 0. The van der Waals surface area contributed by atoms with Crippen LogP contribution in [-0.4, -0.2) is 27.3 Å². The molecule has 1 heterocycles. The van der Waals surface area contributed by atoms with E-state index in [1.54, 1.807) is 31.5 Å². The van der Waals surface area contributed by atoms with Crippen molar-refractivity contribution in [1.82, 2.24) is 9.78 Å². The van der Waals surface area contributed by atoms with Crippen molar-refractivity contribution in [3.05, 3.63) is 52.3 Å². The van der Waals surface area contributed by atoms with Gasteiger partial charge in [0.1, 0.15) is 5.56 Å². The van der Waals surface area contributed by atoms with Crippen molar-refractivity contribution in [2.75, 3.05) is 6.61 Å². The fourth-order valence-corrected chi connectivity index (χ4v) is 1.62. The van der Waals surface area contributed by atoms with Crippen LogP contribution >= 0.6 is 0 Å². The summed E-state index contributed by atoms with van der Waals surface area (Å²) in [7, 11) is 0. The summed E-state index contributed by atoms with van der Waals surface area (Å²) in [5.74, 6) is -0.707. The molecule has 0 N–H and O–H groups in total. The van der Waals surface area contributed by atoms with Gasteiger partial charge in [-0.25, -0.2) is 9.48 Å². The fraction of sp³-hybridized carbons (Fsp3) is 0.167. The van der Waals surface area contributed by atoms with Gasteiger partial charge in [0.25, 0.3) is 5.69 Å². The Morgan fingerprint density at radius 2 is 2.32 bits per heavy atom. The zero-order valence-corrected chi connectivity index (χ0v) is 10.1. The van der Waals surface area contributed by atoms with E-state index in [1.165, 1.54) is 16.8 Å². The number of aromatic nitrogens is 2. The molecule has 0 bridgehead atoms. The molecule has 2 rings (SSSR count). The number of ether oxygens (including phenoxy) is 1. The third-order valence-corrected chi connectivity index (χ3v) is 2.44. The largest absolute Gasteiger partial charge is 0.462 e. The van der Waals surface area contributed by atoms with Crippen molar-refractivity contribution in [2.24, 2.45) is 0 Å². The summed E-state index contributed by atoms with van der Waals surface area (Å²) in [5.41, 5.74) is 0.138. The van der Waals surface area contributed by atoms with Crippen LogP contribution in [0.2, 0.25) is 0 Å². The van der Waals surface area contributed by atoms with Gasteiger partial charge in [0.15, 0.2) is 0 Å². The van der Waals surface area contributed by atoms with Crippen LogP contribution in [0.15, 0.2) is 36.7 Å². The molecular formula is C12H11N3O4. The second-order valence-corrected chi connectivity index (χ2v) is 3.63. The van der Waals surface area contributed by atoms with Crippen LogP contribution in [-0.2, 0) is 4.74 Å². The van der Waals surface area contributed by atoms with Crippen LogP contribution in [0.4, 0.5) is 5.69 Å². The third kappa shape index (κ3) is 2.59. The molecule has 0 aliphatic carbocycles. The lowest BCUT2D eigenvalue weighted by atomic mass is 10.1. The molecule has 7 nitrogen and oxygen atoms in total. The third-order valence-electron chi connectivity index (χ3n) is 2.44. The number of nitro groups is 1. The number of esters is 1. The molecule has 98 valence electrons.